The summed E-state index contributed by atoms with van der Waals surface area (Å²) in [4.78, 5) is 24.5. The third-order valence-electron chi connectivity index (χ3n) is 0.587. The van der Waals surface area contributed by atoms with Gasteiger partial charge >= 0.3 is 12.1 Å². The van der Waals surface area contributed by atoms with E-state index in [-0.39, 0.29) is 0 Å². The van der Waals surface area contributed by atoms with Crippen molar-refractivity contribution in [2.24, 2.45) is 0 Å². The molecular formula is C5H7NO4. The molecule has 0 rings (SSSR count). The summed E-state index contributed by atoms with van der Waals surface area (Å²) in [6.45, 7) is 3.10. The number of rotatable bonds is 1. The molecule has 0 heterocycles. The van der Waals surface area contributed by atoms with E-state index in [1.807, 2.05) is 0 Å². The molecule has 5 nitrogen and oxygen atoms in total. The molecule has 1 N–H and O–H groups in total. The van der Waals surface area contributed by atoms with Crippen molar-refractivity contribution in [2.75, 3.05) is 7.11 Å². The van der Waals surface area contributed by atoms with Gasteiger partial charge in [0.1, 0.15) is 0 Å². The quantitative estimate of drug-likeness (QED) is 0.416. The second kappa shape index (κ2) is 4.37. The second-order valence-electron chi connectivity index (χ2n) is 1.22. The molecule has 56 valence electrons. The van der Waals surface area contributed by atoms with Gasteiger partial charge in [0, 0.05) is 6.08 Å². The van der Waals surface area contributed by atoms with Crippen molar-refractivity contribution in [1.29, 1.82) is 0 Å². The average Bonchev–Trinajstić information content (AvgIpc) is 1.99. The highest BCUT2D eigenvalue weighted by Gasteiger charge is 1.99. The predicted octanol–water partition coefficient (Wildman–Crippen LogP) is -0.0134. The third kappa shape index (κ3) is 3.48. The molecule has 0 aromatic heterocycles. The van der Waals surface area contributed by atoms with E-state index in [0.29, 0.717) is 0 Å². The Kier molecular flexibility index (Phi) is 3.70. The molecule has 0 fully saturated rings. The van der Waals surface area contributed by atoms with Crippen molar-refractivity contribution in [2.45, 2.75) is 0 Å². The Morgan fingerprint density at radius 1 is 1.60 bits per heavy atom. The molecule has 1 amide bonds. The van der Waals surface area contributed by atoms with E-state index in [0.717, 1.165) is 13.2 Å². The number of amides is 1. The van der Waals surface area contributed by atoms with Gasteiger partial charge in [0.25, 0.3) is 0 Å². The van der Waals surface area contributed by atoms with Crippen LogP contribution in [0.15, 0.2) is 12.7 Å². The Morgan fingerprint density at radius 3 is 2.60 bits per heavy atom. The SMILES string of the molecule is C=CC(=O)ONC(=O)OC. The summed E-state index contributed by atoms with van der Waals surface area (Å²) in [5, 5.41) is 0. The molecule has 0 radical (unpaired) electrons. The molecule has 0 aliphatic rings. The minimum absolute atomic E-state index is 0.745. The van der Waals surface area contributed by atoms with Gasteiger partial charge in [-0.25, -0.2) is 9.59 Å². The van der Waals surface area contributed by atoms with Crippen LogP contribution in [-0.2, 0) is 14.4 Å². The van der Waals surface area contributed by atoms with E-state index >= 15 is 0 Å². The lowest BCUT2D eigenvalue weighted by Crippen LogP contribution is -2.25. The Bertz CT molecular complexity index is 154. The lowest BCUT2D eigenvalue weighted by atomic mass is 10.7. The first-order valence-corrected chi connectivity index (χ1v) is 2.38. The molecule has 0 unspecified atom stereocenters. The molecule has 5 heteroatoms. The molecule has 0 aromatic rings. The first-order chi connectivity index (χ1) is 4.70. The molecule has 0 aliphatic heterocycles. The number of hydrogen-bond donors (Lipinski definition) is 1. The van der Waals surface area contributed by atoms with Gasteiger partial charge in [-0.05, 0) is 0 Å². The minimum atomic E-state index is -0.838. The van der Waals surface area contributed by atoms with Gasteiger partial charge in [-0.3, -0.25) is 0 Å². The summed E-state index contributed by atoms with van der Waals surface area (Å²) < 4.78 is 4.08. The van der Waals surface area contributed by atoms with Crippen LogP contribution in [0.2, 0.25) is 0 Å². The van der Waals surface area contributed by atoms with Crippen LogP contribution in [0, 0.1) is 0 Å². The lowest BCUT2D eigenvalue weighted by Gasteiger charge is -1.99. The highest BCUT2D eigenvalue weighted by Crippen LogP contribution is 1.75. The van der Waals surface area contributed by atoms with Crippen LogP contribution in [0.5, 0.6) is 0 Å². The standard InChI is InChI=1S/C5H7NO4/c1-3-4(7)10-6-5(8)9-2/h3H,1H2,2H3,(H,6,8). The predicted molar refractivity (Wildman–Crippen MR) is 31.8 cm³/mol. The first-order valence-electron chi connectivity index (χ1n) is 2.38. The topological polar surface area (TPSA) is 64.6 Å². The van der Waals surface area contributed by atoms with Gasteiger partial charge in [-0.2, -0.15) is 0 Å². The molecule has 0 spiro atoms. The molecule has 10 heavy (non-hydrogen) atoms. The van der Waals surface area contributed by atoms with E-state index in [1.54, 1.807) is 5.48 Å². The van der Waals surface area contributed by atoms with Crippen LogP contribution < -0.4 is 5.48 Å². The summed E-state index contributed by atoms with van der Waals surface area (Å²) in [5.41, 5.74) is 1.70. The summed E-state index contributed by atoms with van der Waals surface area (Å²) in [7, 11) is 1.15. The number of carbonyl (C=O) groups excluding carboxylic acids is 2. The van der Waals surface area contributed by atoms with Gasteiger partial charge in [0.15, 0.2) is 0 Å². The van der Waals surface area contributed by atoms with Crippen LogP contribution in [0.25, 0.3) is 0 Å². The number of carbonyl (C=O) groups is 2. The Balaban J connectivity index is 3.44. The van der Waals surface area contributed by atoms with Crippen LogP contribution >= 0.6 is 0 Å². The fourth-order valence-corrected chi connectivity index (χ4v) is 0.175. The number of ether oxygens (including phenoxy) is 1. The van der Waals surface area contributed by atoms with Crippen molar-refractivity contribution < 1.29 is 19.2 Å². The van der Waals surface area contributed by atoms with Crippen molar-refractivity contribution in [3.05, 3.63) is 12.7 Å². The van der Waals surface area contributed by atoms with Gasteiger partial charge in [0.2, 0.25) is 0 Å². The minimum Gasteiger partial charge on any atom is -0.451 e. The number of methoxy groups -OCH3 is 1. The maximum atomic E-state index is 10.2. The highest BCUT2D eigenvalue weighted by molar-refractivity contribution is 5.82. The van der Waals surface area contributed by atoms with Gasteiger partial charge < -0.3 is 9.57 Å². The summed E-state index contributed by atoms with van der Waals surface area (Å²) >= 11 is 0. The van der Waals surface area contributed by atoms with E-state index in [4.69, 9.17) is 0 Å². The summed E-state index contributed by atoms with van der Waals surface area (Å²) in [6, 6.07) is 0. The Hall–Kier alpha value is -1.52. The van der Waals surface area contributed by atoms with Crippen LogP contribution in [-0.4, -0.2) is 19.2 Å². The first kappa shape index (κ1) is 8.48. The normalized spacial score (nSPS) is 7.70. The zero-order valence-corrected chi connectivity index (χ0v) is 5.42. The number of nitrogens with one attached hydrogen (secondary N) is 1. The van der Waals surface area contributed by atoms with E-state index in [1.165, 1.54) is 0 Å². The Labute approximate surface area is 57.6 Å². The van der Waals surface area contributed by atoms with Crippen LogP contribution in [0.3, 0.4) is 0 Å². The van der Waals surface area contributed by atoms with Crippen molar-refractivity contribution in [3.8, 4) is 0 Å². The molecule has 0 aromatic carbocycles. The Morgan fingerprint density at radius 2 is 2.20 bits per heavy atom. The van der Waals surface area contributed by atoms with E-state index < -0.39 is 12.1 Å². The maximum absolute atomic E-state index is 10.2. The third-order valence-corrected chi connectivity index (χ3v) is 0.587. The van der Waals surface area contributed by atoms with E-state index in [9.17, 15) is 9.59 Å². The number of hydroxylamine groups is 1. The summed E-state index contributed by atoms with van der Waals surface area (Å²) in [5.74, 6) is -0.745. The van der Waals surface area contributed by atoms with Gasteiger partial charge in [0.05, 0.1) is 7.11 Å². The van der Waals surface area contributed by atoms with Crippen LogP contribution in [0.1, 0.15) is 0 Å². The summed E-state index contributed by atoms with van der Waals surface area (Å²) in [6.07, 6.45) is 0.0749. The number of hydrogen-bond acceptors (Lipinski definition) is 4. The molecule has 0 aliphatic carbocycles. The highest BCUT2D eigenvalue weighted by atomic mass is 16.7. The molecule has 0 saturated carbocycles. The average molecular weight is 145 g/mol. The smallest absolute Gasteiger partial charge is 0.440 e. The zero-order valence-electron chi connectivity index (χ0n) is 5.42. The van der Waals surface area contributed by atoms with Crippen molar-refractivity contribution in [3.63, 3.8) is 0 Å². The van der Waals surface area contributed by atoms with E-state index in [2.05, 4.69) is 16.2 Å². The second-order valence-corrected chi connectivity index (χ2v) is 1.22. The fraction of sp³-hybridized carbons (Fsp3) is 0.200. The van der Waals surface area contributed by atoms with Crippen molar-refractivity contribution >= 4 is 12.1 Å². The molecular weight excluding hydrogens is 138 g/mol. The molecule has 0 bridgehead atoms. The monoisotopic (exact) mass is 145 g/mol. The van der Waals surface area contributed by atoms with Gasteiger partial charge in [-0.15, -0.1) is 5.48 Å². The zero-order chi connectivity index (χ0) is 7.98. The van der Waals surface area contributed by atoms with Crippen LogP contribution in [0.4, 0.5) is 4.79 Å². The van der Waals surface area contributed by atoms with Gasteiger partial charge in [-0.1, -0.05) is 6.58 Å². The largest absolute Gasteiger partial charge is 0.451 e. The maximum Gasteiger partial charge on any atom is 0.440 e. The molecule has 0 atom stereocenters. The fourth-order valence-electron chi connectivity index (χ4n) is 0.175. The lowest BCUT2D eigenvalue weighted by molar-refractivity contribution is -0.143. The van der Waals surface area contributed by atoms with Crippen molar-refractivity contribution in [1.82, 2.24) is 5.48 Å². The molecule has 0 saturated heterocycles.